The second-order valence-corrected chi connectivity index (χ2v) is 4.53. The highest BCUT2D eigenvalue weighted by Crippen LogP contribution is 2.23. The minimum atomic E-state index is 0.297. The van der Waals surface area contributed by atoms with E-state index in [-0.39, 0.29) is 0 Å². The third-order valence-corrected chi connectivity index (χ3v) is 3.09. The van der Waals surface area contributed by atoms with Crippen LogP contribution in [0.2, 0.25) is 0 Å². The maximum atomic E-state index is 11.8. The number of hydrogen-bond donors (Lipinski definition) is 1. The van der Waals surface area contributed by atoms with Crippen LogP contribution in [0.3, 0.4) is 0 Å². The fourth-order valence-electron chi connectivity index (χ4n) is 2.23. The van der Waals surface area contributed by atoms with Crippen molar-refractivity contribution in [1.82, 2.24) is 5.32 Å². The predicted molar refractivity (Wildman–Crippen MR) is 59.1 cm³/mol. The lowest BCUT2D eigenvalue weighted by Crippen LogP contribution is -2.37. The van der Waals surface area contributed by atoms with E-state index in [9.17, 15) is 4.79 Å². The van der Waals surface area contributed by atoms with E-state index in [4.69, 9.17) is 0 Å². The summed E-state index contributed by atoms with van der Waals surface area (Å²) in [5.41, 5.74) is 0. The number of nitrogens with one attached hydrogen (secondary N) is 1. The third-order valence-electron chi connectivity index (χ3n) is 3.09. The van der Waals surface area contributed by atoms with Gasteiger partial charge in [0.05, 0.1) is 0 Å². The third kappa shape index (κ3) is 3.69. The molecule has 2 nitrogen and oxygen atoms in total. The number of amides is 1. The van der Waals surface area contributed by atoms with Crippen molar-refractivity contribution < 1.29 is 4.79 Å². The average molecular weight is 197 g/mol. The fraction of sp³-hybridized carbons (Fsp3) is 0.917. The molecule has 82 valence electrons. The minimum absolute atomic E-state index is 0.297. The van der Waals surface area contributed by atoms with E-state index in [1.807, 2.05) is 0 Å². The first-order valence-electron chi connectivity index (χ1n) is 6.04. The predicted octanol–water partition coefficient (Wildman–Crippen LogP) is 2.87. The Labute approximate surface area is 87.5 Å². The molecule has 0 aliphatic heterocycles. The van der Waals surface area contributed by atoms with Crippen molar-refractivity contribution >= 4 is 5.91 Å². The highest BCUT2D eigenvalue weighted by molar-refractivity contribution is 5.78. The van der Waals surface area contributed by atoms with E-state index >= 15 is 0 Å². The molecule has 0 spiro atoms. The molecule has 1 aliphatic carbocycles. The van der Waals surface area contributed by atoms with Crippen LogP contribution in [0.5, 0.6) is 0 Å². The quantitative estimate of drug-likeness (QED) is 0.737. The molecule has 0 heterocycles. The molecular formula is C12H23NO. The molecule has 0 saturated heterocycles. The maximum Gasteiger partial charge on any atom is 0.223 e. The molecule has 1 amide bonds. The summed E-state index contributed by atoms with van der Waals surface area (Å²) in [4.78, 5) is 11.8. The first-order valence-corrected chi connectivity index (χ1v) is 6.04. The van der Waals surface area contributed by atoms with Crippen LogP contribution >= 0.6 is 0 Å². The van der Waals surface area contributed by atoms with E-state index in [1.165, 1.54) is 19.3 Å². The largest absolute Gasteiger partial charge is 0.353 e. The number of hydrogen-bond acceptors (Lipinski definition) is 1. The van der Waals surface area contributed by atoms with Gasteiger partial charge in [0.15, 0.2) is 0 Å². The van der Waals surface area contributed by atoms with Crippen molar-refractivity contribution in [2.75, 3.05) is 0 Å². The van der Waals surface area contributed by atoms with Crippen molar-refractivity contribution in [3.05, 3.63) is 0 Å². The van der Waals surface area contributed by atoms with Crippen LogP contribution in [-0.2, 0) is 4.79 Å². The molecular weight excluding hydrogens is 174 g/mol. The Bertz CT molecular complexity index is 173. The Balaban J connectivity index is 2.25. The fourth-order valence-corrected chi connectivity index (χ4v) is 2.23. The number of carbonyl (C=O) groups excluding carboxylic acids is 1. The molecule has 2 heteroatoms. The summed E-state index contributed by atoms with van der Waals surface area (Å²) in [6.45, 7) is 4.26. The zero-order valence-corrected chi connectivity index (χ0v) is 9.51. The molecule has 1 rings (SSSR count). The van der Waals surface area contributed by atoms with E-state index in [0.29, 0.717) is 17.9 Å². The van der Waals surface area contributed by atoms with Gasteiger partial charge in [0.1, 0.15) is 0 Å². The van der Waals surface area contributed by atoms with Crippen molar-refractivity contribution in [1.29, 1.82) is 0 Å². The van der Waals surface area contributed by atoms with Crippen molar-refractivity contribution in [3.8, 4) is 0 Å². The van der Waals surface area contributed by atoms with Crippen LogP contribution < -0.4 is 5.32 Å². The van der Waals surface area contributed by atoms with Crippen LogP contribution in [0.25, 0.3) is 0 Å². The lowest BCUT2D eigenvalue weighted by atomic mass is 9.88. The van der Waals surface area contributed by atoms with Gasteiger partial charge in [-0.25, -0.2) is 0 Å². The van der Waals surface area contributed by atoms with E-state index in [1.54, 1.807) is 0 Å². The molecule has 0 aromatic carbocycles. The molecule has 14 heavy (non-hydrogen) atoms. The molecule has 1 unspecified atom stereocenters. The highest BCUT2D eigenvalue weighted by Gasteiger charge is 2.21. The Kier molecular flexibility index (Phi) is 4.99. The summed E-state index contributed by atoms with van der Waals surface area (Å²) in [5.74, 6) is 0.605. The molecule has 1 aliphatic rings. The van der Waals surface area contributed by atoms with Gasteiger partial charge >= 0.3 is 0 Å². The van der Waals surface area contributed by atoms with Crippen molar-refractivity contribution in [2.45, 2.75) is 64.8 Å². The second-order valence-electron chi connectivity index (χ2n) is 4.53. The molecule has 1 fully saturated rings. The van der Waals surface area contributed by atoms with Crippen LogP contribution in [0.1, 0.15) is 58.8 Å². The Morgan fingerprint density at radius 2 is 2.00 bits per heavy atom. The van der Waals surface area contributed by atoms with E-state index in [0.717, 1.165) is 25.7 Å². The Morgan fingerprint density at radius 3 is 2.57 bits per heavy atom. The van der Waals surface area contributed by atoms with Gasteiger partial charge in [0, 0.05) is 12.0 Å². The summed E-state index contributed by atoms with van der Waals surface area (Å²) in [6, 6.07) is 0.356. The van der Waals surface area contributed by atoms with Gasteiger partial charge in [-0.15, -0.1) is 0 Å². The monoisotopic (exact) mass is 197 g/mol. The van der Waals surface area contributed by atoms with Crippen LogP contribution in [0.15, 0.2) is 0 Å². The summed E-state index contributed by atoms with van der Waals surface area (Å²) in [6.07, 6.45) is 8.23. The van der Waals surface area contributed by atoms with Gasteiger partial charge in [-0.05, 0) is 26.2 Å². The summed E-state index contributed by atoms with van der Waals surface area (Å²) >= 11 is 0. The molecule has 1 atom stereocenters. The topological polar surface area (TPSA) is 29.1 Å². The average Bonchev–Trinajstić information content (AvgIpc) is 2.19. The van der Waals surface area contributed by atoms with Gasteiger partial charge in [-0.2, -0.15) is 0 Å². The van der Waals surface area contributed by atoms with Gasteiger partial charge in [-0.1, -0.05) is 32.6 Å². The van der Waals surface area contributed by atoms with Crippen molar-refractivity contribution in [2.24, 2.45) is 5.92 Å². The van der Waals surface area contributed by atoms with Crippen LogP contribution in [0, 0.1) is 5.92 Å². The zero-order valence-electron chi connectivity index (χ0n) is 9.51. The van der Waals surface area contributed by atoms with Crippen molar-refractivity contribution in [3.63, 3.8) is 0 Å². The molecule has 1 N–H and O–H groups in total. The summed E-state index contributed by atoms with van der Waals surface area (Å²) < 4.78 is 0. The SMILES string of the molecule is CCCC(C)NC(=O)C1CCCCC1. The van der Waals surface area contributed by atoms with Gasteiger partial charge in [-0.3, -0.25) is 4.79 Å². The maximum absolute atomic E-state index is 11.8. The van der Waals surface area contributed by atoms with Gasteiger partial charge < -0.3 is 5.32 Å². The molecule has 0 bridgehead atoms. The second kappa shape index (κ2) is 6.05. The molecule has 0 aromatic rings. The molecule has 1 saturated carbocycles. The highest BCUT2D eigenvalue weighted by atomic mass is 16.1. The standard InChI is InChI=1S/C12H23NO/c1-3-7-10(2)13-12(14)11-8-5-4-6-9-11/h10-11H,3-9H2,1-2H3,(H,13,14). The summed E-state index contributed by atoms with van der Waals surface area (Å²) in [7, 11) is 0. The minimum Gasteiger partial charge on any atom is -0.353 e. The van der Waals surface area contributed by atoms with E-state index in [2.05, 4.69) is 19.2 Å². The van der Waals surface area contributed by atoms with Gasteiger partial charge in [0.2, 0.25) is 5.91 Å². The molecule has 0 radical (unpaired) electrons. The van der Waals surface area contributed by atoms with Gasteiger partial charge in [0.25, 0.3) is 0 Å². The molecule has 0 aromatic heterocycles. The summed E-state index contributed by atoms with van der Waals surface area (Å²) in [5, 5.41) is 3.11. The Morgan fingerprint density at radius 1 is 1.36 bits per heavy atom. The Hall–Kier alpha value is -0.530. The number of rotatable bonds is 4. The first-order chi connectivity index (χ1) is 6.74. The smallest absolute Gasteiger partial charge is 0.223 e. The van der Waals surface area contributed by atoms with Crippen LogP contribution in [0.4, 0.5) is 0 Å². The van der Waals surface area contributed by atoms with E-state index < -0.39 is 0 Å². The first kappa shape index (κ1) is 11.5. The normalized spacial score (nSPS) is 20.4. The lowest BCUT2D eigenvalue weighted by Gasteiger charge is -2.23. The number of carbonyl (C=O) groups is 1. The zero-order chi connectivity index (χ0) is 10.4. The lowest BCUT2D eigenvalue weighted by molar-refractivity contribution is -0.126. The van der Waals surface area contributed by atoms with Crippen LogP contribution in [-0.4, -0.2) is 11.9 Å².